The molecule has 1 aliphatic rings. The van der Waals surface area contributed by atoms with Crippen molar-refractivity contribution < 1.29 is 9.53 Å². The molecule has 1 rings (SSSR count). The monoisotopic (exact) mass is 397 g/mol. The number of nitrogens with one attached hydrogen (secondary N) is 2. The Morgan fingerprint density at radius 3 is 2.21 bits per heavy atom. The van der Waals surface area contributed by atoms with Crippen LogP contribution in [0.15, 0.2) is 4.99 Å². The average molecular weight is 398 g/mol. The molecule has 0 atom stereocenters. The Balaban J connectivity index is 2.42. The highest BCUT2D eigenvalue weighted by atomic mass is 16.6. The summed E-state index contributed by atoms with van der Waals surface area (Å²) in [5, 5.41) is 6.93. The Morgan fingerprint density at radius 1 is 1.14 bits per heavy atom. The van der Waals surface area contributed by atoms with Crippen LogP contribution in [0.4, 0.5) is 4.79 Å². The number of carbonyl (C=O) groups is 1. The Kier molecular flexibility index (Phi) is 9.54. The summed E-state index contributed by atoms with van der Waals surface area (Å²) in [5.41, 5.74) is -0.323. The van der Waals surface area contributed by atoms with E-state index in [1.165, 1.54) is 0 Å². The molecule has 0 unspecified atom stereocenters. The van der Waals surface area contributed by atoms with Crippen LogP contribution < -0.4 is 10.6 Å². The lowest BCUT2D eigenvalue weighted by atomic mass is 9.96. The van der Waals surface area contributed by atoms with E-state index in [0.717, 1.165) is 51.5 Å². The molecule has 1 aliphatic heterocycles. The maximum atomic E-state index is 12.4. The number of rotatable bonds is 6. The van der Waals surface area contributed by atoms with E-state index in [9.17, 15) is 4.79 Å². The van der Waals surface area contributed by atoms with Gasteiger partial charge in [-0.05, 0) is 67.2 Å². The van der Waals surface area contributed by atoms with E-state index in [1.54, 1.807) is 0 Å². The normalized spacial score (nSPS) is 16.9. The van der Waals surface area contributed by atoms with Gasteiger partial charge < -0.3 is 25.2 Å². The van der Waals surface area contributed by atoms with E-state index in [0.29, 0.717) is 12.5 Å². The zero-order valence-electron chi connectivity index (χ0n) is 19.4. The highest BCUT2D eigenvalue weighted by molar-refractivity contribution is 5.79. The van der Waals surface area contributed by atoms with Gasteiger partial charge in [-0.15, -0.1) is 0 Å². The third kappa shape index (κ3) is 9.62. The first-order valence-electron chi connectivity index (χ1n) is 10.6. The molecule has 28 heavy (non-hydrogen) atoms. The van der Waals surface area contributed by atoms with E-state index >= 15 is 0 Å². The highest BCUT2D eigenvalue weighted by Crippen LogP contribution is 2.20. The zero-order chi connectivity index (χ0) is 21.4. The van der Waals surface area contributed by atoms with E-state index in [1.807, 2.05) is 39.6 Å². The lowest BCUT2D eigenvalue weighted by Gasteiger charge is -2.36. The second-order valence-electron chi connectivity index (χ2n) is 9.60. The third-order valence-corrected chi connectivity index (χ3v) is 4.70. The van der Waals surface area contributed by atoms with Gasteiger partial charge in [0.1, 0.15) is 5.60 Å². The van der Waals surface area contributed by atoms with Crippen molar-refractivity contribution >= 4 is 12.1 Å². The standard InChI is InChI=1S/C21H43N5O2/c1-9-25(19(27)28-21(5,6)7)16-17-10-14-26(15-11-17)18(22-8)23-12-13-24-20(2,3)4/h17,24H,9-16H2,1-8H3,(H,22,23). The molecule has 0 aromatic carbocycles. The number of aliphatic imine (C=N–C) groups is 1. The van der Waals surface area contributed by atoms with Gasteiger partial charge in [-0.2, -0.15) is 0 Å². The van der Waals surface area contributed by atoms with Gasteiger partial charge in [0.15, 0.2) is 5.96 Å². The van der Waals surface area contributed by atoms with E-state index in [-0.39, 0.29) is 11.6 Å². The minimum absolute atomic E-state index is 0.128. The molecule has 1 amide bonds. The summed E-state index contributed by atoms with van der Waals surface area (Å²) >= 11 is 0. The van der Waals surface area contributed by atoms with Crippen LogP contribution in [0.5, 0.6) is 0 Å². The first-order chi connectivity index (χ1) is 12.9. The SMILES string of the molecule is CCN(CC1CCN(C(=NC)NCCNC(C)(C)C)CC1)C(=O)OC(C)(C)C. The number of hydrogen-bond acceptors (Lipinski definition) is 4. The predicted molar refractivity (Wildman–Crippen MR) is 117 cm³/mol. The summed E-state index contributed by atoms with van der Waals surface area (Å²) in [7, 11) is 1.84. The maximum Gasteiger partial charge on any atom is 0.410 e. The average Bonchev–Trinajstić information content (AvgIpc) is 2.58. The van der Waals surface area contributed by atoms with Crippen molar-refractivity contribution in [2.75, 3.05) is 46.3 Å². The van der Waals surface area contributed by atoms with Crippen molar-refractivity contribution in [3.05, 3.63) is 0 Å². The second-order valence-corrected chi connectivity index (χ2v) is 9.60. The summed E-state index contributed by atoms with van der Waals surface area (Å²) in [6.45, 7) is 19.4. The number of nitrogens with zero attached hydrogens (tertiary/aromatic N) is 3. The molecular weight excluding hydrogens is 354 g/mol. The number of guanidine groups is 1. The van der Waals surface area contributed by atoms with E-state index in [2.05, 4.69) is 41.3 Å². The molecule has 1 saturated heterocycles. The first kappa shape index (κ1) is 24.5. The van der Waals surface area contributed by atoms with Crippen LogP contribution in [-0.4, -0.2) is 79.3 Å². The number of likely N-dealkylation sites (tertiary alicyclic amines) is 1. The number of amides is 1. The first-order valence-corrected chi connectivity index (χ1v) is 10.6. The molecule has 0 saturated carbocycles. The highest BCUT2D eigenvalue weighted by Gasteiger charge is 2.27. The molecule has 7 nitrogen and oxygen atoms in total. The van der Waals surface area contributed by atoms with Gasteiger partial charge in [0.05, 0.1) is 0 Å². The number of ether oxygens (including phenoxy) is 1. The fraction of sp³-hybridized carbons (Fsp3) is 0.905. The second kappa shape index (κ2) is 10.9. The van der Waals surface area contributed by atoms with Gasteiger partial charge in [0.25, 0.3) is 0 Å². The van der Waals surface area contributed by atoms with Gasteiger partial charge in [-0.1, -0.05) is 0 Å². The molecule has 1 heterocycles. The fourth-order valence-corrected chi connectivity index (χ4v) is 3.24. The van der Waals surface area contributed by atoms with Crippen molar-refractivity contribution in [3.63, 3.8) is 0 Å². The Bertz CT molecular complexity index is 500. The minimum Gasteiger partial charge on any atom is -0.444 e. The van der Waals surface area contributed by atoms with Crippen molar-refractivity contribution in [1.82, 2.24) is 20.4 Å². The summed E-state index contributed by atoms with van der Waals surface area (Å²) in [6, 6.07) is 0. The zero-order valence-corrected chi connectivity index (χ0v) is 19.4. The van der Waals surface area contributed by atoms with Gasteiger partial charge in [-0.3, -0.25) is 4.99 Å². The topological polar surface area (TPSA) is 69.2 Å². The lowest BCUT2D eigenvalue weighted by Crippen LogP contribution is -2.49. The fourth-order valence-electron chi connectivity index (χ4n) is 3.24. The quantitative estimate of drug-likeness (QED) is 0.410. The van der Waals surface area contributed by atoms with Crippen LogP contribution in [0.2, 0.25) is 0 Å². The molecule has 0 aromatic rings. The smallest absolute Gasteiger partial charge is 0.410 e. The van der Waals surface area contributed by atoms with Crippen molar-refractivity contribution in [1.29, 1.82) is 0 Å². The van der Waals surface area contributed by atoms with Crippen molar-refractivity contribution in [3.8, 4) is 0 Å². The molecule has 0 aromatic heterocycles. The molecule has 0 radical (unpaired) electrons. The summed E-state index contributed by atoms with van der Waals surface area (Å²) in [6.07, 6.45) is 1.90. The molecule has 0 bridgehead atoms. The van der Waals surface area contributed by atoms with E-state index < -0.39 is 5.60 Å². The van der Waals surface area contributed by atoms with Gasteiger partial charge in [-0.25, -0.2) is 4.79 Å². The van der Waals surface area contributed by atoms with Crippen LogP contribution in [0, 0.1) is 5.92 Å². The molecule has 2 N–H and O–H groups in total. The van der Waals surface area contributed by atoms with Gasteiger partial charge in [0.2, 0.25) is 0 Å². The molecule has 1 fully saturated rings. The van der Waals surface area contributed by atoms with Crippen LogP contribution in [0.3, 0.4) is 0 Å². The minimum atomic E-state index is -0.451. The van der Waals surface area contributed by atoms with Gasteiger partial charge >= 0.3 is 6.09 Å². The molecular formula is C21H43N5O2. The lowest BCUT2D eigenvalue weighted by molar-refractivity contribution is 0.0214. The molecule has 0 spiro atoms. The maximum absolute atomic E-state index is 12.4. The Labute approximate surface area is 172 Å². The molecule has 164 valence electrons. The third-order valence-electron chi connectivity index (χ3n) is 4.70. The predicted octanol–water partition coefficient (Wildman–Crippen LogP) is 2.92. The molecule has 0 aliphatic carbocycles. The van der Waals surface area contributed by atoms with Crippen LogP contribution >= 0.6 is 0 Å². The number of piperidine rings is 1. The molecule has 7 heteroatoms. The summed E-state index contributed by atoms with van der Waals surface area (Å²) in [4.78, 5) is 20.9. The van der Waals surface area contributed by atoms with Crippen molar-refractivity contribution in [2.45, 2.75) is 72.4 Å². The van der Waals surface area contributed by atoms with Crippen LogP contribution in [0.1, 0.15) is 61.3 Å². The van der Waals surface area contributed by atoms with E-state index in [4.69, 9.17) is 4.74 Å². The summed E-state index contributed by atoms with van der Waals surface area (Å²) < 4.78 is 5.53. The number of carbonyl (C=O) groups excluding carboxylic acids is 1. The Morgan fingerprint density at radius 2 is 1.75 bits per heavy atom. The van der Waals surface area contributed by atoms with Crippen molar-refractivity contribution in [2.24, 2.45) is 10.9 Å². The number of hydrogen-bond donors (Lipinski definition) is 2. The summed E-state index contributed by atoms with van der Waals surface area (Å²) in [5.74, 6) is 1.47. The van der Waals surface area contributed by atoms with Crippen LogP contribution in [0.25, 0.3) is 0 Å². The Hall–Kier alpha value is -1.50. The van der Waals surface area contributed by atoms with Crippen LogP contribution in [-0.2, 0) is 4.74 Å². The van der Waals surface area contributed by atoms with Gasteiger partial charge in [0, 0.05) is 51.9 Å². The largest absolute Gasteiger partial charge is 0.444 e.